The third-order valence-electron chi connectivity index (χ3n) is 14.8. The molecule has 470 valence electrons. The molecule has 0 amide bonds. The summed E-state index contributed by atoms with van der Waals surface area (Å²) in [6.07, 6.45) is -20.0. The number of rotatable bonds is 23. The molecule has 0 spiro atoms. The zero-order valence-electron chi connectivity index (χ0n) is 49.6. The summed E-state index contributed by atoms with van der Waals surface area (Å²) < 4.78 is 76.0. The van der Waals surface area contributed by atoms with Crippen LogP contribution in [0.25, 0.3) is 0 Å². The summed E-state index contributed by atoms with van der Waals surface area (Å²) in [5.41, 5.74) is 0.647. The molecule has 12 atom stereocenters. The third-order valence-corrected chi connectivity index (χ3v) is 14.8. The second-order valence-corrected chi connectivity index (χ2v) is 21.1. The predicted octanol–water partition coefficient (Wildman–Crippen LogP) is 10.3. The Hall–Kier alpha value is -10.6. The van der Waals surface area contributed by atoms with E-state index in [2.05, 4.69) is 0 Å². The molecule has 2 aliphatic heterocycles. The van der Waals surface area contributed by atoms with Crippen molar-refractivity contribution in [3.63, 3.8) is 0 Å². The molecule has 0 saturated carbocycles. The SMILES string of the molecule is C[C@H](O[C@H]1O[C@H](COC(=O)c2ccccc2)[C@@H](OC(=O)c2ccccc2)[C@H](OC(=O)c2ccccc2)[C@@H]1OC(=O)c1ccccc1)[C@@H](C)O[C@H]1O[C@H](COC(=O)c2ccccc2)[C@@H](OC(=O)c2ccccc2)[C@H](OC(=O)c2ccccc2)[C@@H]1OC(=O)c1ccccc1. The van der Waals surface area contributed by atoms with E-state index in [0.29, 0.717) is 0 Å². The monoisotopic (exact) mass is 1250 g/mol. The molecule has 2 aliphatic rings. The maximum Gasteiger partial charge on any atom is 0.338 e. The van der Waals surface area contributed by atoms with Gasteiger partial charge in [-0.15, -0.1) is 0 Å². The highest BCUT2D eigenvalue weighted by Gasteiger charge is 2.56. The molecule has 0 aliphatic carbocycles. The van der Waals surface area contributed by atoms with Gasteiger partial charge in [0, 0.05) is 0 Å². The molecule has 20 heteroatoms. The fourth-order valence-electron chi connectivity index (χ4n) is 9.92. The van der Waals surface area contributed by atoms with Crippen molar-refractivity contribution in [2.75, 3.05) is 13.2 Å². The van der Waals surface area contributed by atoms with Crippen molar-refractivity contribution in [3.8, 4) is 0 Å². The maximum absolute atomic E-state index is 14.4. The van der Waals surface area contributed by atoms with Crippen LogP contribution in [-0.2, 0) is 56.8 Å². The lowest BCUT2D eigenvalue weighted by Gasteiger charge is -2.46. The number of hydrogen-bond acceptors (Lipinski definition) is 20. The van der Waals surface area contributed by atoms with E-state index >= 15 is 0 Å². The van der Waals surface area contributed by atoms with Gasteiger partial charge in [-0.25, -0.2) is 38.4 Å². The average molecular weight is 1250 g/mol. The van der Waals surface area contributed by atoms with Crippen LogP contribution < -0.4 is 0 Å². The summed E-state index contributed by atoms with van der Waals surface area (Å²) in [6, 6.07) is 63.0. The Morgan fingerprint density at radius 3 is 0.674 bits per heavy atom. The summed E-state index contributed by atoms with van der Waals surface area (Å²) in [5.74, 6) is -7.27. The van der Waals surface area contributed by atoms with Gasteiger partial charge in [-0.3, -0.25) is 0 Å². The lowest BCUT2D eigenvalue weighted by atomic mass is 9.97. The van der Waals surface area contributed by atoms with Gasteiger partial charge in [-0.2, -0.15) is 0 Å². The highest BCUT2D eigenvalue weighted by molar-refractivity contribution is 5.93. The number of ether oxygens (including phenoxy) is 12. The summed E-state index contributed by atoms with van der Waals surface area (Å²) in [6.45, 7) is 1.70. The summed E-state index contributed by atoms with van der Waals surface area (Å²) in [4.78, 5) is 114. The van der Waals surface area contributed by atoms with E-state index in [-0.39, 0.29) is 44.5 Å². The number of esters is 8. The van der Waals surface area contributed by atoms with Crippen LogP contribution in [0, 0.1) is 0 Å². The lowest BCUT2D eigenvalue weighted by Crippen LogP contribution is -2.64. The van der Waals surface area contributed by atoms with E-state index in [9.17, 15) is 38.4 Å². The third kappa shape index (κ3) is 16.6. The summed E-state index contributed by atoms with van der Waals surface area (Å²) >= 11 is 0. The van der Waals surface area contributed by atoms with Gasteiger partial charge in [-0.1, -0.05) is 146 Å². The van der Waals surface area contributed by atoms with E-state index < -0.39 is 135 Å². The van der Waals surface area contributed by atoms with Gasteiger partial charge in [0.15, 0.2) is 49.2 Å². The first kappa shape index (κ1) is 64.3. The molecule has 8 aromatic carbocycles. The van der Waals surface area contributed by atoms with E-state index in [4.69, 9.17) is 56.8 Å². The predicted molar refractivity (Wildman–Crippen MR) is 326 cm³/mol. The minimum atomic E-state index is -1.82. The Labute approximate surface area is 528 Å². The topological polar surface area (TPSA) is 247 Å². The van der Waals surface area contributed by atoms with Crippen LogP contribution in [0.4, 0.5) is 0 Å². The van der Waals surface area contributed by atoms with Crippen LogP contribution in [0.15, 0.2) is 243 Å². The van der Waals surface area contributed by atoms with Crippen LogP contribution in [0.5, 0.6) is 0 Å². The number of carbonyl (C=O) groups excluding carboxylic acids is 8. The lowest BCUT2D eigenvalue weighted by molar-refractivity contribution is -0.334. The molecule has 0 unspecified atom stereocenters. The quantitative estimate of drug-likeness (QED) is 0.0426. The summed E-state index contributed by atoms with van der Waals surface area (Å²) in [7, 11) is 0. The second-order valence-electron chi connectivity index (χ2n) is 21.1. The first-order valence-electron chi connectivity index (χ1n) is 29.4. The van der Waals surface area contributed by atoms with Crippen molar-refractivity contribution >= 4 is 47.8 Å². The normalized spacial score (nSPS) is 21.5. The number of hydrogen-bond donors (Lipinski definition) is 0. The summed E-state index contributed by atoms with van der Waals surface area (Å²) in [5, 5.41) is 0. The molecule has 0 N–H and O–H groups in total. The molecule has 2 heterocycles. The van der Waals surface area contributed by atoms with Gasteiger partial charge in [-0.05, 0) is 111 Å². The van der Waals surface area contributed by atoms with Gasteiger partial charge >= 0.3 is 47.8 Å². The van der Waals surface area contributed by atoms with Crippen molar-refractivity contribution in [2.45, 2.75) is 87.5 Å². The van der Waals surface area contributed by atoms with Crippen molar-refractivity contribution in [1.82, 2.24) is 0 Å². The van der Waals surface area contributed by atoms with Gasteiger partial charge in [0.2, 0.25) is 0 Å². The van der Waals surface area contributed by atoms with Gasteiger partial charge < -0.3 is 56.8 Å². The number of carbonyl (C=O) groups is 8. The maximum atomic E-state index is 14.4. The molecule has 0 aromatic heterocycles. The number of benzene rings is 8. The molecule has 20 nitrogen and oxygen atoms in total. The smallest absolute Gasteiger partial charge is 0.338 e. The van der Waals surface area contributed by atoms with Crippen LogP contribution >= 0.6 is 0 Å². The van der Waals surface area contributed by atoms with Crippen LogP contribution in [0.2, 0.25) is 0 Å². The molecule has 0 bridgehead atoms. The molecule has 2 saturated heterocycles. The van der Waals surface area contributed by atoms with Gasteiger partial charge in [0.1, 0.15) is 25.4 Å². The highest BCUT2D eigenvalue weighted by atomic mass is 16.8. The van der Waals surface area contributed by atoms with Crippen molar-refractivity contribution in [1.29, 1.82) is 0 Å². The Kier molecular flexibility index (Phi) is 21.8. The van der Waals surface area contributed by atoms with Crippen LogP contribution in [0.3, 0.4) is 0 Å². The van der Waals surface area contributed by atoms with Crippen LogP contribution in [0.1, 0.15) is 96.7 Å². The minimum absolute atomic E-state index is 0.0469. The van der Waals surface area contributed by atoms with Crippen molar-refractivity contribution in [2.24, 2.45) is 0 Å². The average Bonchev–Trinajstić information content (AvgIpc) is 0.872. The molecule has 92 heavy (non-hydrogen) atoms. The Morgan fingerprint density at radius 2 is 0.457 bits per heavy atom. The van der Waals surface area contributed by atoms with Crippen molar-refractivity contribution in [3.05, 3.63) is 287 Å². The first-order chi connectivity index (χ1) is 44.8. The van der Waals surface area contributed by atoms with E-state index in [1.165, 1.54) is 111 Å². The first-order valence-corrected chi connectivity index (χ1v) is 29.4. The van der Waals surface area contributed by atoms with Gasteiger partial charge in [0.05, 0.1) is 56.7 Å². The minimum Gasteiger partial charge on any atom is -0.459 e. The molecule has 0 radical (unpaired) electrons. The van der Waals surface area contributed by atoms with Gasteiger partial charge in [0.25, 0.3) is 0 Å². The Bertz CT molecular complexity index is 3510. The van der Waals surface area contributed by atoms with E-state index in [0.717, 1.165) is 0 Å². The fourth-order valence-corrected chi connectivity index (χ4v) is 9.92. The zero-order valence-corrected chi connectivity index (χ0v) is 49.6. The fraction of sp³-hybridized carbons (Fsp3) is 0.222. The van der Waals surface area contributed by atoms with Crippen molar-refractivity contribution < 1.29 is 95.2 Å². The second kappa shape index (κ2) is 31.2. The zero-order chi connectivity index (χ0) is 64.3. The molecule has 8 aromatic rings. The standard InChI is InChI=1S/C72H62O20/c1-45(83-71-61(91-69(79)53-39-23-9-24-40-53)59(89-67(77)51-35-19-7-20-36-51)57(87-65(75)49-31-15-5-16-32-49)55(85-71)43-81-63(73)47-27-11-3-12-28-47)46(2)84-72-62(92-70(80)54-41-25-10-26-42-54)60(90-68(78)52-37-21-8-22-38-52)58(88-66(76)50-33-17-6-18-34-50)56(86-72)44-82-64(74)48-29-13-4-14-30-48/h3-42,45-46,55-62,71-72H,43-44H2,1-2H3/t45-,46+,55-,56-,57-,58-,59+,60+,61+,62+,71+,72+/m1/s1. The largest absolute Gasteiger partial charge is 0.459 e. The van der Waals surface area contributed by atoms with Crippen LogP contribution in [-0.4, -0.2) is 135 Å². The Morgan fingerprint density at radius 1 is 0.272 bits per heavy atom. The molecular formula is C72H62O20. The van der Waals surface area contributed by atoms with E-state index in [1.807, 2.05) is 0 Å². The van der Waals surface area contributed by atoms with E-state index in [1.54, 1.807) is 146 Å². The molecule has 10 rings (SSSR count). The molecule has 2 fully saturated rings. The molecular weight excluding hydrogens is 1180 g/mol. The highest BCUT2D eigenvalue weighted by Crippen LogP contribution is 2.36. The Balaban J connectivity index is 1.04.